The Labute approximate surface area is 134 Å². The van der Waals surface area contributed by atoms with Gasteiger partial charge in [0.2, 0.25) is 6.29 Å². The molecule has 0 N–H and O–H groups in total. The van der Waals surface area contributed by atoms with Gasteiger partial charge in [-0.05, 0) is 23.7 Å². The average Bonchev–Trinajstić information content (AvgIpc) is 2.87. The van der Waals surface area contributed by atoms with E-state index in [0.717, 1.165) is 0 Å². The fourth-order valence-corrected chi connectivity index (χ4v) is 2.79. The molecule has 1 heterocycles. The molecule has 2 aromatic carbocycles. The first-order valence-electron chi connectivity index (χ1n) is 6.22. The van der Waals surface area contributed by atoms with E-state index in [1.165, 1.54) is 12.1 Å². The maximum Gasteiger partial charge on any atom is 0.247 e. The molecule has 0 spiro atoms. The monoisotopic (exact) mass is 339 g/mol. The van der Waals surface area contributed by atoms with Gasteiger partial charge in [-0.15, -0.1) is 0 Å². The number of hydrogen-bond acceptors (Lipinski definition) is 3. The van der Waals surface area contributed by atoms with Crippen LogP contribution in [0.1, 0.15) is 0 Å². The van der Waals surface area contributed by atoms with E-state index in [4.69, 9.17) is 38.2 Å². The minimum atomic E-state index is -0.812. The fourth-order valence-electron chi connectivity index (χ4n) is 2.19. The molecule has 0 saturated carbocycles. The van der Waals surface area contributed by atoms with Crippen LogP contribution >= 0.6 is 23.2 Å². The standard InChI is InChI=1S/C14H8Cl2FN3O2/c15-9-2-1-3-10(16)13(9)8-4-7(17)5-11-14(8)22-12(21-11)6-19-20-18/h1-5,12H,6H2. The van der Waals surface area contributed by atoms with Crippen molar-refractivity contribution >= 4 is 23.2 Å². The third kappa shape index (κ3) is 2.64. The number of nitrogens with zero attached hydrogens (tertiary/aromatic N) is 3. The molecule has 0 radical (unpaired) electrons. The van der Waals surface area contributed by atoms with Crippen LogP contribution in [0.5, 0.6) is 11.5 Å². The number of rotatable bonds is 3. The van der Waals surface area contributed by atoms with Gasteiger partial charge in [-0.25, -0.2) is 4.39 Å². The maximum absolute atomic E-state index is 13.8. The summed E-state index contributed by atoms with van der Waals surface area (Å²) in [7, 11) is 0. The SMILES string of the molecule is [N-]=[N+]=NCC1Oc2cc(F)cc(-c3c(Cl)cccc3Cl)c2O1. The van der Waals surface area contributed by atoms with E-state index < -0.39 is 12.1 Å². The molecule has 0 fully saturated rings. The molecule has 22 heavy (non-hydrogen) atoms. The van der Waals surface area contributed by atoms with Crippen molar-refractivity contribution in [1.82, 2.24) is 0 Å². The predicted molar refractivity (Wildman–Crippen MR) is 80.9 cm³/mol. The smallest absolute Gasteiger partial charge is 0.247 e. The number of azide groups is 1. The minimum absolute atomic E-state index is 0.0392. The van der Waals surface area contributed by atoms with Gasteiger partial charge in [-0.3, -0.25) is 0 Å². The number of benzene rings is 2. The lowest BCUT2D eigenvalue weighted by Gasteiger charge is -2.11. The number of fused-ring (bicyclic) bond motifs is 1. The summed E-state index contributed by atoms with van der Waals surface area (Å²) in [5, 5.41) is 4.11. The van der Waals surface area contributed by atoms with E-state index in [2.05, 4.69) is 10.0 Å². The summed E-state index contributed by atoms with van der Waals surface area (Å²) in [6, 6.07) is 7.45. The van der Waals surface area contributed by atoms with Gasteiger partial charge in [0.15, 0.2) is 11.5 Å². The van der Waals surface area contributed by atoms with Crippen LogP contribution in [-0.2, 0) is 0 Å². The van der Waals surface area contributed by atoms with Crippen molar-refractivity contribution < 1.29 is 13.9 Å². The lowest BCUT2D eigenvalue weighted by molar-refractivity contribution is 0.0583. The van der Waals surface area contributed by atoms with Crippen molar-refractivity contribution in [3.8, 4) is 22.6 Å². The molecule has 1 aliphatic heterocycles. The van der Waals surface area contributed by atoms with Gasteiger partial charge in [-0.1, -0.05) is 34.4 Å². The number of halogens is 3. The van der Waals surface area contributed by atoms with Crippen molar-refractivity contribution in [2.24, 2.45) is 5.11 Å². The zero-order valence-electron chi connectivity index (χ0n) is 11.0. The summed E-state index contributed by atoms with van der Waals surface area (Å²) < 4.78 is 24.9. The molecule has 2 aromatic rings. The quantitative estimate of drug-likeness (QED) is 0.437. The first kappa shape index (κ1) is 14.8. The Balaban J connectivity index is 2.10. The molecule has 1 unspecified atom stereocenters. The van der Waals surface area contributed by atoms with Crippen molar-refractivity contribution in [1.29, 1.82) is 0 Å². The average molecular weight is 340 g/mol. The van der Waals surface area contributed by atoms with E-state index in [9.17, 15) is 4.39 Å². The number of ether oxygens (including phenoxy) is 2. The molecule has 0 amide bonds. The Kier molecular flexibility index (Phi) is 3.98. The topological polar surface area (TPSA) is 67.2 Å². The van der Waals surface area contributed by atoms with Crippen molar-refractivity contribution in [3.05, 3.63) is 56.6 Å². The van der Waals surface area contributed by atoms with Crippen LogP contribution in [0.2, 0.25) is 10.0 Å². The van der Waals surface area contributed by atoms with Crippen LogP contribution in [0.25, 0.3) is 21.6 Å². The maximum atomic E-state index is 13.8. The summed E-state index contributed by atoms with van der Waals surface area (Å²) in [5.41, 5.74) is 9.18. The highest BCUT2D eigenvalue weighted by Gasteiger charge is 2.29. The zero-order valence-corrected chi connectivity index (χ0v) is 12.5. The molecule has 1 atom stereocenters. The third-order valence-corrected chi connectivity index (χ3v) is 3.68. The second-order valence-electron chi connectivity index (χ2n) is 4.46. The molecular formula is C14H8Cl2FN3O2. The number of hydrogen-bond donors (Lipinski definition) is 0. The van der Waals surface area contributed by atoms with E-state index in [-0.39, 0.29) is 12.3 Å². The Morgan fingerprint density at radius 3 is 2.64 bits per heavy atom. The highest BCUT2D eigenvalue weighted by atomic mass is 35.5. The van der Waals surface area contributed by atoms with Crippen molar-refractivity contribution in [3.63, 3.8) is 0 Å². The molecule has 5 nitrogen and oxygen atoms in total. The van der Waals surface area contributed by atoms with Gasteiger partial charge < -0.3 is 9.47 Å². The molecule has 3 rings (SSSR count). The highest BCUT2D eigenvalue weighted by Crippen LogP contribution is 2.47. The van der Waals surface area contributed by atoms with Crippen LogP contribution in [0.3, 0.4) is 0 Å². The Morgan fingerprint density at radius 2 is 1.95 bits per heavy atom. The van der Waals surface area contributed by atoms with Crippen LogP contribution in [-0.4, -0.2) is 12.8 Å². The van der Waals surface area contributed by atoms with Gasteiger partial charge in [0.1, 0.15) is 12.4 Å². The molecule has 0 aromatic heterocycles. The lowest BCUT2D eigenvalue weighted by atomic mass is 10.0. The summed E-state index contributed by atoms with van der Waals surface area (Å²) in [6.07, 6.45) is -0.812. The molecule has 0 bridgehead atoms. The normalized spacial score (nSPS) is 15.5. The molecule has 112 valence electrons. The third-order valence-electron chi connectivity index (χ3n) is 3.05. The molecule has 0 saturated heterocycles. The van der Waals surface area contributed by atoms with Gasteiger partial charge in [0.25, 0.3) is 0 Å². The van der Waals surface area contributed by atoms with Crippen LogP contribution in [0.15, 0.2) is 35.4 Å². The van der Waals surface area contributed by atoms with Crippen LogP contribution < -0.4 is 9.47 Å². The Bertz CT molecular complexity index is 774. The Hall–Kier alpha value is -2.14. The molecule has 8 heteroatoms. The van der Waals surface area contributed by atoms with Crippen LogP contribution in [0, 0.1) is 5.82 Å². The van der Waals surface area contributed by atoms with Crippen molar-refractivity contribution in [2.45, 2.75) is 6.29 Å². The summed E-state index contributed by atoms with van der Waals surface area (Å²) in [6.45, 7) is -0.0392. The van der Waals surface area contributed by atoms with Gasteiger partial charge in [0, 0.05) is 22.1 Å². The van der Waals surface area contributed by atoms with Gasteiger partial charge >= 0.3 is 0 Å². The van der Waals surface area contributed by atoms with Crippen LogP contribution in [0.4, 0.5) is 4.39 Å². The molecular weight excluding hydrogens is 332 g/mol. The summed E-state index contributed by atoms with van der Waals surface area (Å²) in [4.78, 5) is 2.64. The predicted octanol–water partition coefficient (Wildman–Crippen LogP) is 5.21. The second-order valence-corrected chi connectivity index (χ2v) is 5.27. The van der Waals surface area contributed by atoms with Gasteiger partial charge in [0.05, 0.1) is 10.0 Å². The first-order valence-corrected chi connectivity index (χ1v) is 6.98. The molecule has 1 aliphatic rings. The Morgan fingerprint density at radius 1 is 1.23 bits per heavy atom. The van der Waals surface area contributed by atoms with E-state index in [1.807, 2.05) is 0 Å². The summed E-state index contributed by atoms with van der Waals surface area (Å²) >= 11 is 12.3. The largest absolute Gasteiger partial charge is 0.451 e. The summed E-state index contributed by atoms with van der Waals surface area (Å²) in [5.74, 6) is 0.0106. The fraction of sp³-hybridized carbons (Fsp3) is 0.143. The molecule has 0 aliphatic carbocycles. The second kappa shape index (κ2) is 5.93. The van der Waals surface area contributed by atoms with Crippen molar-refractivity contribution in [2.75, 3.05) is 6.54 Å². The minimum Gasteiger partial charge on any atom is -0.451 e. The zero-order chi connectivity index (χ0) is 15.7. The van der Waals surface area contributed by atoms with E-state index >= 15 is 0 Å². The highest BCUT2D eigenvalue weighted by molar-refractivity contribution is 6.39. The lowest BCUT2D eigenvalue weighted by Crippen LogP contribution is -2.21. The van der Waals surface area contributed by atoms with E-state index in [1.54, 1.807) is 18.2 Å². The van der Waals surface area contributed by atoms with E-state index in [0.29, 0.717) is 26.9 Å². The first-order chi connectivity index (χ1) is 10.6. The van der Waals surface area contributed by atoms with Gasteiger partial charge in [-0.2, -0.15) is 0 Å².